The zero-order valence-electron chi connectivity index (χ0n) is 19.7. The molecule has 0 fully saturated rings. The molecule has 0 unspecified atom stereocenters. The van der Waals surface area contributed by atoms with E-state index in [-0.39, 0.29) is 5.57 Å². The summed E-state index contributed by atoms with van der Waals surface area (Å²) in [5.41, 5.74) is 2.05. The van der Waals surface area contributed by atoms with Gasteiger partial charge in [0.15, 0.2) is 11.5 Å². The summed E-state index contributed by atoms with van der Waals surface area (Å²) in [6, 6.07) is 24.5. The normalized spacial score (nSPS) is 11.2. The summed E-state index contributed by atoms with van der Waals surface area (Å²) >= 11 is 14.1. The van der Waals surface area contributed by atoms with Gasteiger partial charge >= 0.3 is 0 Å². The van der Waals surface area contributed by atoms with Crippen molar-refractivity contribution in [2.24, 2.45) is 0 Å². The molecule has 0 radical (unpaired) electrons. The van der Waals surface area contributed by atoms with Crippen LogP contribution in [-0.2, 0) is 11.4 Å². The fourth-order valence-corrected chi connectivity index (χ4v) is 4.81. The predicted molar refractivity (Wildman–Crippen MR) is 157 cm³/mol. The maximum Gasteiger partial charge on any atom is 0.266 e. The Labute approximate surface area is 238 Å². The van der Waals surface area contributed by atoms with Crippen molar-refractivity contribution in [2.75, 3.05) is 11.9 Å². The standard InChI is InChI=1S/C29H21Cl2IN2O3/c1-2-36-27-14-18(12-21(16-33)29(35)34-22-10-11-24(30)25(31)15-22)13-26(32)28(27)37-17-20-8-5-7-19-6-3-4-9-23(19)20/h3-15H,2,17H2,1H3,(H,34,35)/b21-12-. The molecule has 0 saturated carbocycles. The van der Waals surface area contributed by atoms with Crippen molar-refractivity contribution in [1.29, 1.82) is 5.26 Å². The zero-order valence-corrected chi connectivity index (χ0v) is 23.4. The van der Waals surface area contributed by atoms with Gasteiger partial charge in [0.25, 0.3) is 5.91 Å². The van der Waals surface area contributed by atoms with Gasteiger partial charge in [-0.15, -0.1) is 0 Å². The van der Waals surface area contributed by atoms with E-state index >= 15 is 0 Å². The number of nitriles is 1. The summed E-state index contributed by atoms with van der Waals surface area (Å²) < 4.78 is 12.9. The number of nitrogens with zero attached hydrogens (tertiary/aromatic N) is 1. The van der Waals surface area contributed by atoms with Gasteiger partial charge in [0.1, 0.15) is 18.2 Å². The van der Waals surface area contributed by atoms with E-state index in [9.17, 15) is 10.1 Å². The maximum atomic E-state index is 12.7. The number of rotatable bonds is 8. The monoisotopic (exact) mass is 642 g/mol. The lowest BCUT2D eigenvalue weighted by molar-refractivity contribution is -0.112. The van der Waals surface area contributed by atoms with Crippen molar-refractivity contribution in [1.82, 2.24) is 0 Å². The van der Waals surface area contributed by atoms with Crippen molar-refractivity contribution >= 4 is 74.2 Å². The number of benzene rings is 4. The highest BCUT2D eigenvalue weighted by atomic mass is 127. The van der Waals surface area contributed by atoms with Crippen LogP contribution in [0, 0.1) is 14.9 Å². The van der Waals surface area contributed by atoms with Crippen LogP contribution < -0.4 is 14.8 Å². The van der Waals surface area contributed by atoms with Crippen LogP contribution in [0.1, 0.15) is 18.1 Å². The number of hydrogen-bond acceptors (Lipinski definition) is 4. The smallest absolute Gasteiger partial charge is 0.266 e. The Bertz CT molecular complexity index is 1540. The molecule has 0 aliphatic heterocycles. The number of anilines is 1. The zero-order chi connectivity index (χ0) is 26.4. The quantitative estimate of drug-likeness (QED) is 0.119. The van der Waals surface area contributed by atoms with Crippen molar-refractivity contribution in [3.05, 3.63) is 103 Å². The van der Waals surface area contributed by atoms with Gasteiger partial charge in [0.2, 0.25) is 0 Å². The average molecular weight is 643 g/mol. The Morgan fingerprint density at radius 2 is 1.81 bits per heavy atom. The van der Waals surface area contributed by atoms with E-state index in [1.54, 1.807) is 18.2 Å². The van der Waals surface area contributed by atoms with Gasteiger partial charge in [-0.2, -0.15) is 5.26 Å². The van der Waals surface area contributed by atoms with E-state index in [1.807, 2.05) is 43.3 Å². The minimum absolute atomic E-state index is 0.0752. The van der Waals surface area contributed by atoms with Crippen LogP contribution in [0.3, 0.4) is 0 Å². The van der Waals surface area contributed by atoms with Crippen LogP contribution >= 0.6 is 45.8 Å². The third-order valence-electron chi connectivity index (χ3n) is 5.44. The number of ether oxygens (including phenoxy) is 2. The van der Waals surface area contributed by atoms with Crippen molar-refractivity contribution in [3.63, 3.8) is 0 Å². The third kappa shape index (κ3) is 6.55. The van der Waals surface area contributed by atoms with Crippen molar-refractivity contribution < 1.29 is 14.3 Å². The highest BCUT2D eigenvalue weighted by molar-refractivity contribution is 14.1. The fourth-order valence-electron chi connectivity index (χ4n) is 3.73. The summed E-state index contributed by atoms with van der Waals surface area (Å²) in [6.07, 6.45) is 1.51. The molecule has 4 rings (SSSR count). The largest absolute Gasteiger partial charge is 0.490 e. The molecule has 0 aliphatic carbocycles. The minimum Gasteiger partial charge on any atom is -0.490 e. The Morgan fingerprint density at radius 3 is 2.57 bits per heavy atom. The molecule has 186 valence electrons. The lowest BCUT2D eigenvalue weighted by Gasteiger charge is -2.16. The molecular weight excluding hydrogens is 622 g/mol. The van der Waals surface area contributed by atoms with Gasteiger partial charge in [-0.25, -0.2) is 0 Å². The summed E-state index contributed by atoms with van der Waals surface area (Å²) in [7, 11) is 0. The molecule has 0 bridgehead atoms. The summed E-state index contributed by atoms with van der Waals surface area (Å²) in [5, 5.41) is 15.3. The van der Waals surface area contributed by atoms with Gasteiger partial charge < -0.3 is 14.8 Å². The molecule has 4 aromatic rings. The first kappa shape index (κ1) is 26.8. The second-order valence-corrected chi connectivity index (χ2v) is 9.92. The van der Waals surface area contributed by atoms with E-state index in [0.29, 0.717) is 46.0 Å². The molecule has 0 atom stereocenters. The Morgan fingerprint density at radius 1 is 1.03 bits per heavy atom. The molecule has 5 nitrogen and oxygen atoms in total. The van der Waals surface area contributed by atoms with Crippen LogP contribution in [0.4, 0.5) is 5.69 Å². The van der Waals surface area contributed by atoms with Gasteiger partial charge in [0, 0.05) is 5.69 Å². The lowest BCUT2D eigenvalue weighted by Crippen LogP contribution is -2.13. The number of hydrogen-bond donors (Lipinski definition) is 1. The minimum atomic E-state index is -0.565. The highest BCUT2D eigenvalue weighted by Crippen LogP contribution is 2.36. The van der Waals surface area contributed by atoms with Crippen molar-refractivity contribution in [2.45, 2.75) is 13.5 Å². The van der Waals surface area contributed by atoms with E-state index in [1.165, 1.54) is 12.1 Å². The molecule has 0 spiro atoms. The van der Waals surface area contributed by atoms with Crippen LogP contribution in [0.15, 0.2) is 78.4 Å². The second kappa shape index (κ2) is 12.3. The van der Waals surface area contributed by atoms with E-state index in [2.05, 4.69) is 46.1 Å². The number of nitrogens with one attached hydrogen (secondary N) is 1. The Balaban J connectivity index is 1.59. The Hall–Kier alpha value is -3.25. The first-order valence-corrected chi connectivity index (χ1v) is 13.2. The highest BCUT2D eigenvalue weighted by Gasteiger charge is 2.15. The number of fused-ring (bicyclic) bond motifs is 1. The SMILES string of the molecule is CCOc1cc(/C=C(/C#N)C(=O)Nc2ccc(Cl)c(Cl)c2)cc(I)c1OCc1cccc2ccccc12. The Kier molecular flexibility index (Phi) is 8.93. The number of carbonyl (C=O) groups is 1. The first-order chi connectivity index (χ1) is 17.9. The molecular formula is C29H21Cl2IN2O3. The van der Waals surface area contributed by atoms with Crippen molar-refractivity contribution in [3.8, 4) is 17.6 Å². The number of carbonyl (C=O) groups excluding carboxylic acids is 1. The average Bonchev–Trinajstić information content (AvgIpc) is 2.89. The van der Waals surface area contributed by atoms with Crippen LogP contribution in [0.25, 0.3) is 16.8 Å². The maximum absolute atomic E-state index is 12.7. The lowest BCUT2D eigenvalue weighted by atomic mass is 10.1. The molecule has 0 saturated heterocycles. The fraction of sp³-hybridized carbons (Fsp3) is 0.103. The van der Waals surface area contributed by atoms with Crippen LogP contribution in [0.2, 0.25) is 10.0 Å². The molecule has 0 heterocycles. The van der Waals surface area contributed by atoms with Crippen LogP contribution in [-0.4, -0.2) is 12.5 Å². The molecule has 0 aliphatic rings. The molecule has 1 amide bonds. The van der Waals surface area contributed by atoms with E-state index in [0.717, 1.165) is 19.9 Å². The second-order valence-electron chi connectivity index (χ2n) is 7.94. The summed E-state index contributed by atoms with van der Waals surface area (Å²) in [4.78, 5) is 12.7. The van der Waals surface area contributed by atoms with Gasteiger partial charge in [-0.05, 0) is 87.8 Å². The third-order valence-corrected chi connectivity index (χ3v) is 6.98. The topological polar surface area (TPSA) is 71.3 Å². The van der Waals surface area contributed by atoms with Crippen LogP contribution in [0.5, 0.6) is 11.5 Å². The molecule has 37 heavy (non-hydrogen) atoms. The first-order valence-electron chi connectivity index (χ1n) is 11.3. The molecule has 8 heteroatoms. The van der Waals surface area contributed by atoms with Gasteiger partial charge in [-0.3, -0.25) is 4.79 Å². The summed E-state index contributed by atoms with van der Waals surface area (Å²) in [5.74, 6) is 0.569. The summed E-state index contributed by atoms with van der Waals surface area (Å²) in [6.45, 7) is 2.67. The molecule has 1 N–H and O–H groups in total. The van der Waals surface area contributed by atoms with Gasteiger partial charge in [0.05, 0.1) is 20.2 Å². The van der Waals surface area contributed by atoms with E-state index in [4.69, 9.17) is 32.7 Å². The number of halogens is 3. The van der Waals surface area contributed by atoms with E-state index < -0.39 is 5.91 Å². The molecule has 4 aromatic carbocycles. The van der Waals surface area contributed by atoms with Gasteiger partial charge in [-0.1, -0.05) is 65.7 Å². The molecule has 0 aromatic heterocycles. The number of amides is 1. The predicted octanol–water partition coefficient (Wildman–Crippen LogP) is 8.27.